The topological polar surface area (TPSA) is 131 Å². The molecule has 0 radical (unpaired) electrons. The first-order valence-corrected chi connectivity index (χ1v) is 13.1. The average Bonchev–Trinajstić information content (AvgIpc) is 3.32. The molecule has 0 unspecified atom stereocenters. The summed E-state index contributed by atoms with van der Waals surface area (Å²) in [4.78, 5) is 12.9. The lowest BCUT2D eigenvalue weighted by atomic mass is 10.2. The third-order valence-corrected chi connectivity index (χ3v) is 7.92. The zero-order chi connectivity index (χ0) is 26.6. The van der Waals surface area contributed by atoms with Crippen molar-refractivity contribution in [3.63, 3.8) is 0 Å². The minimum atomic E-state index is -3.85. The van der Waals surface area contributed by atoms with Crippen LogP contribution < -0.4 is 9.47 Å². The van der Waals surface area contributed by atoms with Gasteiger partial charge in [-0.15, -0.1) is 10.2 Å². The Morgan fingerprint density at radius 1 is 0.919 bits per heavy atom. The summed E-state index contributed by atoms with van der Waals surface area (Å²) in [6.07, 6.45) is 3.99. The van der Waals surface area contributed by atoms with Crippen LogP contribution in [0.4, 0.5) is 0 Å². The van der Waals surface area contributed by atoms with Crippen molar-refractivity contribution in [1.82, 2.24) is 29.7 Å². The van der Waals surface area contributed by atoms with E-state index in [2.05, 4.69) is 25.1 Å². The summed E-state index contributed by atoms with van der Waals surface area (Å²) in [7, 11) is 0.620. The standard InChI is InChI=1S/C25H28N6O5S/c1-16-13-27-24(28-14-16)23(36-5)17(2)37(32,33)15-21-29-30-25(18-9-6-7-12-26-18)31(21)22-19(34-3)10-8-11-20(22)35-4/h6-14,17,23H,15H2,1-5H3/t17-,23-/m0/s1. The van der Waals surface area contributed by atoms with Gasteiger partial charge < -0.3 is 14.2 Å². The lowest BCUT2D eigenvalue weighted by Gasteiger charge is -2.22. The van der Waals surface area contributed by atoms with Gasteiger partial charge in [-0.1, -0.05) is 12.1 Å². The van der Waals surface area contributed by atoms with Crippen molar-refractivity contribution in [2.45, 2.75) is 31.0 Å². The Bertz CT molecular complexity index is 1440. The number of nitrogens with zero attached hydrogens (tertiary/aromatic N) is 6. The summed E-state index contributed by atoms with van der Waals surface area (Å²) in [5.41, 5.74) is 1.82. The predicted molar refractivity (Wildman–Crippen MR) is 136 cm³/mol. The van der Waals surface area contributed by atoms with Gasteiger partial charge in [-0.25, -0.2) is 18.4 Å². The lowest BCUT2D eigenvalue weighted by molar-refractivity contribution is 0.0947. The summed E-state index contributed by atoms with van der Waals surface area (Å²) in [5, 5.41) is 7.59. The normalized spacial score (nSPS) is 13.2. The van der Waals surface area contributed by atoms with Crippen molar-refractivity contribution in [3.05, 3.63) is 72.2 Å². The molecule has 4 rings (SSSR count). The van der Waals surface area contributed by atoms with Crippen LogP contribution >= 0.6 is 0 Å². The predicted octanol–water partition coefficient (Wildman–Crippen LogP) is 3.14. The van der Waals surface area contributed by atoms with Gasteiger partial charge in [-0.05, 0) is 43.7 Å². The zero-order valence-corrected chi connectivity index (χ0v) is 22.0. The third-order valence-electron chi connectivity index (χ3n) is 5.88. The highest BCUT2D eigenvalue weighted by molar-refractivity contribution is 7.91. The molecule has 1 aromatic carbocycles. The first-order valence-electron chi connectivity index (χ1n) is 11.4. The molecule has 0 aliphatic carbocycles. The number of pyridine rings is 1. The molecule has 11 nitrogen and oxygen atoms in total. The molecule has 0 N–H and O–H groups in total. The van der Waals surface area contributed by atoms with Crippen molar-refractivity contribution < 1.29 is 22.6 Å². The van der Waals surface area contributed by atoms with E-state index in [1.54, 1.807) is 60.4 Å². The Morgan fingerprint density at radius 2 is 1.59 bits per heavy atom. The smallest absolute Gasteiger partial charge is 0.187 e. The molecule has 12 heteroatoms. The molecule has 0 saturated heterocycles. The highest BCUT2D eigenvalue weighted by Gasteiger charge is 2.35. The molecule has 0 bridgehead atoms. The fourth-order valence-corrected chi connectivity index (χ4v) is 5.33. The van der Waals surface area contributed by atoms with Gasteiger partial charge in [-0.2, -0.15) is 0 Å². The first kappa shape index (κ1) is 26.2. The Balaban J connectivity index is 1.83. The van der Waals surface area contributed by atoms with E-state index in [1.165, 1.54) is 21.3 Å². The number of rotatable bonds is 10. The lowest BCUT2D eigenvalue weighted by Crippen LogP contribution is -2.30. The van der Waals surface area contributed by atoms with E-state index in [4.69, 9.17) is 14.2 Å². The van der Waals surface area contributed by atoms with Crippen molar-refractivity contribution in [3.8, 4) is 28.7 Å². The molecule has 194 valence electrons. The van der Waals surface area contributed by atoms with Crippen LogP contribution in [0.25, 0.3) is 17.2 Å². The number of para-hydroxylation sites is 1. The van der Waals surface area contributed by atoms with E-state index in [-0.39, 0.29) is 11.6 Å². The van der Waals surface area contributed by atoms with Crippen LogP contribution in [0.5, 0.6) is 11.5 Å². The average molecular weight is 525 g/mol. The fraction of sp³-hybridized carbons (Fsp3) is 0.320. The Kier molecular flexibility index (Phi) is 7.79. The van der Waals surface area contributed by atoms with Crippen LogP contribution in [0.1, 0.15) is 30.2 Å². The van der Waals surface area contributed by atoms with Gasteiger partial charge in [0.15, 0.2) is 27.3 Å². The molecule has 37 heavy (non-hydrogen) atoms. The van der Waals surface area contributed by atoms with Crippen molar-refractivity contribution in [2.75, 3.05) is 21.3 Å². The molecule has 0 amide bonds. The van der Waals surface area contributed by atoms with E-state index >= 15 is 0 Å². The van der Waals surface area contributed by atoms with Gasteiger partial charge in [0.25, 0.3) is 0 Å². The van der Waals surface area contributed by atoms with Gasteiger partial charge in [0.05, 0.1) is 19.5 Å². The van der Waals surface area contributed by atoms with Gasteiger partial charge >= 0.3 is 0 Å². The summed E-state index contributed by atoms with van der Waals surface area (Å²) < 4.78 is 45.7. The molecular formula is C25H28N6O5S. The molecule has 2 atom stereocenters. The van der Waals surface area contributed by atoms with Gasteiger partial charge in [0.1, 0.15) is 34.7 Å². The number of methoxy groups -OCH3 is 3. The molecule has 0 aliphatic rings. The monoisotopic (exact) mass is 524 g/mol. The highest BCUT2D eigenvalue weighted by atomic mass is 32.2. The second-order valence-electron chi connectivity index (χ2n) is 8.29. The molecule has 3 aromatic heterocycles. The molecule has 3 heterocycles. The number of sulfone groups is 1. The van der Waals surface area contributed by atoms with Crippen molar-refractivity contribution in [1.29, 1.82) is 0 Å². The van der Waals surface area contributed by atoms with E-state index in [1.807, 2.05) is 13.0 Å². The Morgan fingerprint density at radius 3 is 2.16 bits per heavy atom. The molecule has 4 aromatic rings. The Hall–Kier alpha value is -3.90. The fourth-order valence-electron chi connectivity index (χ4n) is 3.91. The van der Waals surface area contributed by atoms with Crippen LogP contribution in [0.3, 0.4) is 0 Å². The molecule has 0 spiro atoms. The number of hydrogen-bond donors (Lipinski definition) is 0. The van der Waals surface area contributed by atoms with Gasteiger partial charge in [0.2, 0.25) is 0 Å². The second kappa shape index (κ2) is 11.0. The van der Waals surface area contributed by atoms with Crippen LogP contribution in [0, 0.1) is 6.92 Å². The van der Waals surface area contributed by atoms with Gasteiger partial charge in [0, 0.05) is 25.7 Å². The van der Waals surface area contributed by atoms with Crippen LogP contribution in [0.15, 0.2) is 55.0 Å². The number of aryl methyl sites for hydroxylation is 1. The number of ether oxygens (including phenoxy) is 3. The van der Waals surface area contributed by atoms with Crippen LogP contribution in [-0.2, 0) is 20.3 Å². The number of benzene rings is 1. The van der Waals surface area contributed by atoms with E-state index in [0.717, 1.165) is 5.56 Å². The van der Waals surface area contributed by atoms with E-state index in [9.17, 15) is 8.42 Å². The minimum absolute atomic E-state index is 0.162. The molecular weight excluding hydrogens is 496 g/mol. The largest absolute Gasteiger partial charge is 0.494 e. The van der Waals surface area contributed by atoms with E-state index in [0.29, 0.717) is 28.7 Å². The maximum Gasteiger partial charge on any atom is 0.187 e. The molecule has 0 saturated carbocycles. The molecule has 0 aliphatic heterocycles. The summed E-state index contributed by atoms with van der Waals surface area (Å²) in [6.45, 7) is 3.42. The maximum atomic E-state index is 13.7. The first-order chi connectivity index (χ1) is 17.8. The van der Waals surface area contributed by atoms with Crippen molar-refractivity contribution in [2.24, 2.45) is 0 Å². The second-order valence-corrected chi connectivity index (χ2v) is 10.6. The Labute approximate surface area is 215 Å². The number of aromatic nitrogens is 6. The number of hydrogen-bond acceptors (Lipinski definition) is 10. The minimum Gasteiger partial charge on any atom is -0.494 e. The summed E-state index contributed by atoms with van der Waals surface area (Å²) in [5.74, 6) is 1.24. The third kappa shape index (κ3) is 5.30. The highest BCUT2D eigenvalue weighted by Crippen LogP contribution is 2.36. The summed E-state index contributed by atoms with van der Waals surface area (Å²) >= 11 is 0. The van der Waals surface area contributed by atoms with Crippen molar-refractivity contribution >= 4 is 9.84 Å². The molecule has 0 fully saturated rings. The van der Waals surface area contributed by atoms with Crippen LogP contribution in [0.2, 0.25) is 0 Å². The quantitative estimate of drug-likeness (QED) is 0.305. The maximum absolute atomic E-state index is 13.7. The SMILES string of the molecule is COc1cccc(OC)c1-n1c(CS(=O)(=O)[C@@H](C)[C@H](OC)c2ncc(C)cn2)nnc1-c1ccccn1. The van der Waals surface area contributed by atoms with Gasteiger partial charge in [-0.3, -0.25) is 9.55 Å². The summed E-state index contributed by atoms with van der Waals surface area (Å²) in [6, 6.07) is 10.6. The zero-order valence-electron chi connectivity index (χ0n) is 21.2. The van der Waals surface area contributed by atoms with Crippen LogP contribution in [-0.4, -0.2) is 64.7 Å². The van der Waals surface area contributed by atoms with E-state index < -0.39 is 26.9 Å².